The van der Waals surface area contributed by atoms with Crippen LogP contribution in [-0.2, 0) is 5.41 Å². The fraction of sp³-hybridized carbons (Fsp3) is 0.0270. The van der Waals surface area contributed by atoms with Gasteiger partial charge in [-0.3, -0.25) is 0 Å². The molecule has 11 aromatic heterocycles. The van der Waals surface area contributed by atoms with Crippen molar-refractivity contribution in [1.29, 1.82) is 0 Å². The molecule has 0 amide bonds. The maximum atomic E-state index is 7.02. The average molecular weight is 1660 g/mol. The van der Waals surface area contributed by atoms with Gasteiger partial charge in [-0.2, -0.15) is 0 Å². The zero-order chi connectivity index (χ0) is 79.6. The van der Waals surface area contributed by atoms with Crippen LogP contribution < -0.4 is 0 Å². The summed E-state index contributed by atoms with van der Waals surface area (Å²) in [7, 11) is 0. The van der Waals surface area contributed by atoms with Gasteiger partial charge in [0, 0.05) is 198 Å². The molecule has 0 fully saturated rings. The predicted octanol–water partition coefficient (Wildman–Crippen LogP) is 34.7. The highest BCUT2D eigenvalue weighted by atomic mass is 32.1. The number of hydrogen-bond donors (Lipinski definition) is 0. The quantitative estimate of drug-likeness (QED) is 0.177. The van der Waals surface area contributed by atoms with Gasteiger partial charge in [-0.1, -0.05) is 214 Å². The number of fused-ring (bicyclic) bond motifs is 42. The third-order valence-electron chi connectivity index (χ3n) is 26.4. The lowest BCUT2D eigenvalue weighted by Gasteiger charge is -2.21. The predicted molar refractivity (Wildman–Crippen MR) is 532 cm³/mol. The Morgan fingerprint density at radius 1 is 0.213 bits per heavy atom. The zero-order valence-electron chi connectivity index (χ0n) is 65.5. The maximum Gasteiger partial charge on any atom is 0.145 e. The normalized spacial score (nSPS) is 13.1. The average Bonchev–Trinajstić information content (AvgIpc) is 1.54. The molecule has 0 spiro atoms. The molecule has 1 aliphatic rings. The van der Waals surface area contributed by atoms with E-state index in [4.69, 9.17) is 8.83 Å². The standard InChI is InChI=1S/C39H25NOS.C36H19NOS2.C36H19NS3/c1-39(2)29-12-6-3-10-26(29)35-30(39)18-16-24-25-17-19-32-36(38(25)41-37(24)35)27-11-4-7-13-31(27)40(32)22-15-20-34-28(21-22)23-9-5-8-14-33(23)42-34;1-4-10-27-24(8-1)33-28(37(27)20-13-18-32-26(19-20)21-7-3-6-12-31(21)39-32)16-14-22-23-15-17-30-34(36(23)40-35(22)33)25-9-2-5-11-29(25)38-30;1-4-10-27-24(8-1)33-28(37(27)20-13-17-31-26(19-20)21-7-2-5-11-29(21)38-31)16-14-22-23-15-18-32-34(36(23)40-35(22)33)25-9-3-6-12-30(25)39-32/h3-21H,1-2H3;2*1-19H. The summed E-state index contributed by atoms with van der Waals surface area (Å²) in [5, 5.41) is 28.5. The van der Waals surface area contributed by atoms with Crippen LogP contribution in [0.1, 0.15) is 25.0 Å². The van der Waals surface area contributed by atoms with Gasteiger partial charge in [-0.05, 0) is 162 Å². The first-order chi connectivity index (χ1) is 60.3. The maximum absolute atomic E-state index is 7.02. The van der Waals surface area contributed by atoms with E-state index in [0.717, 1.165) is 22.3 Å². The molecule has 122 heavy (non-hydrogen) atoms. The zero-order valence-corrected chi connectivity index (χ0v) is 70.4. The molecule has 29 aromatic rings. The Kier molecular flexibility index (Phi) is 14.1. The molecule has 30 rings (SSSR count). The van der Waals surface area contributed by atoms with Crippen LogP contribution in [0.3, 0.4) is 0 Å². The second kappa shape index (κ2) is 25.2. The van der Waals surface area contributed by atoms with E-state index in [1.54, 1.807) is 0 Å². The molecule has 18 aromatic carbocycles. The summed E-state index contributed by atoms with van der Waals surface area (Å²) in [6, 6.07) is 127. The Labute approximate surface area is 719 Å². The highest BCUT2D eigenvalue weighted by molar-refractivity contribution is 7.31. The molecular weight excluding hydrogens is 1600 g/mol. The third kappa shape index (κ3) is 9.39. The van der Waals surface area contributed by atoms with E-state index in [1.165, 1.54) is 247 Å². The van der Waals surface area contributed by atoms with Gasteiger partial charge >= 0.3 is 0 Å². The van der Waals surface area contributed by atoms with Gasteiger partial charge in [0.1, 0.15) is 22.3 Å². The van der Waals surface area contributed by atoms with Gasteiger partial charge in [-0.15, -0.1) is 68.0 Å². The molecule has 5 nitrogen and oxygen atoms in total. The number of thiophene rings is 6. The largest absolute Gasteiger partial charge is 0.456 e. The highest BCUT2D eigenvalue weighted by Gasteiger charge is 2.38. The van der Waals surface area contributed by atoms with Gasteiger partial charge in [0.2, 0.25) is 0 Å². The van der Waals surface area contributed by atoms with E-state index in [1.807, 2.05) is 74.1 Å². The Balaban J connectivity index is 0.0000000942. The monoisotopic (exact) mass is 1660 g/mol. The minimum absolute atomic E-state index is 0.0606. The number of nitrogens with zero attached hydrogens (tertiary/aromatic N) is 3. The molecule has 0 N–H and O–H groups in total. The van der Waals surface area contributed by atoms with Gasteiger partial charge in [0.05, 0.1) is 38.5 Å². The SMILES string of the molecule is CC1(C)c2ccccc2-c2c1ccc1c2oc2c1ccc1c2c2ccccc2n1-c1ccc2sc3ccccc3c2c1.c1ccc2c(c1)oc1ccc3c4ccc5c(c6ccccc6n5-c5ccc6sc7ccccc7c6c5)c4sc3c12.c1ccc2c(c1)sc1ccc(-n3c4ccccc4c4c5sc6c(ccc7sc8ccccc8c76)c5ccc43)cc12. The highest BCUT2D eigenvalue weighted by Crippen LogP contribution is 2.56. The Hall–Kier alpha value is -13.7. The summed E-state index contributed by atoms with van der Waals surface area (Å²) in [4.78, 5) is 0. The molecule has 11 heterocycles. The van der Waals surface area contributed by atoms with Crippen LogP contribution in [0.25, 0.3) is 259 Å². The fourth-order valence-corrected chi connectivity index (χ4v) is 28.3. The molecule has 0 bridgehead atoms. The van der Waals surface area contributed by atoms with Crippen LogP contribution in [0, 0.1) is 0 Å². The molecular formula is C111H63N3O2S6. The number of rotatable bonds is 3. The summed E-state index contributed by atoms with van der Waals surface area (Å²) in [6.07, 6.45) is 0. The van der Waals surface area contributed by atoms with E-state index in [-0.39, 0.29) is 5.41 Å². The van der Waals surface area contributed by atoms with E-state index >= 15 is 0 Å². The summed E-state index contributed by atoms with van der Waals surface area (Å²) < 4.78 is 36.7. The van der Waals surface area contributed by atoms with Crippen molar-refractivity contribution < 1.29 is 8.83 Å². The topological polar surface area (TPSA) is 41.1 Å². The number of benzene rings is 18. The van der Waals surface area contributed by atoms with E-state index < -0.39 is 0 Å². The molecule has 0 atom stereocenters. The molecule has 0 unspecified atom stereocenters. The second-order valence-corrected chi connectivity index (χ2v) is 39.4. The third-order valence-corrected chi connectivity index (χ3v) is 33.5. The summed E-state index contributed by atoms with van der Waals surface area (Å²) in [6.45, 7) is 4.65. The van der Waals surface area contributed by atoms with Crippen molar-refractivity contribution in [2.45, 2.75) is 19.3 Å². The first kappa shape index (κ1) is 68.1. The number of aromatic nitrogens is 3. The molecule has 0 aliphatic heterocycles. The van der Waals surface area contributed by atoms with Crippen molar-refractivity contribution in [3.63, 3.8) is 0 Å². The first-order valence-electron chi connectivity index (χ1n) is 41.4. The number of furan rings is 2. The van der Waals surface area contributed by atoms with Crippen molar-refractivity contribution in [3.05, 3.63) is 357 Å². The van der Waals surface area contributed by atoms with Crippen LogP contribution in [-0.4, -0.2) is 13.7 Å². The van der Waals surface area contributed by atoms with Gasteiger partial charge in [0.15, 0.2) is 0 Å². The lowest BCUT2D eigenvalue weighted by molar-refractivity contribution is 0.654. The Bertz CT molecular complexity index is 9320. The summed E-state index contributed by atoms with van der Waals surface area (Å²) in [5.41, 5.74) is 20.0. The summed E-state index contributed by atoms with van der Waals surface area (Å²) in [5.74, 6) is 0. The van der Waals surface area contributed by atoms with Crippen LogP contribution in [0.4, 0.5) is 0 Å². The minimum Gasteiger partial charge on any atom is -0.456 e. The Morgan fingerprint density at radius 3 is 1.12 bits per heavy atom. The smallest absolute Gasteiger partial charge is 0.145 e. The molecule has 0 radical (unpaired) electrons. The molecule has 0 saturated heterocycles. The van der Waals surface area contributed by atoms with Crippen molar-refractivity contribution >= 4 is 298 Å². The van der Waals surface area contributed by atoms with Gasteiger partial charge in [-0.25, -0.2) is 0 Å². The lowest BCUT2D eigenvalue weighted by atomic mass is 9.82. The van der Waals surface area contributed by atoms with Crippen LogP contribution in [0.2, 0.25) is 0 Å². The number of hydrogen-bond acceptors (Lipinski definition) is 8. The van der Waals surface area contributed by atoms with Crippen LogP contribution in [0.5, 0.6) is 0 Å². The molecule has 0 saturated carbocycles. The Morgan fingerprint density at radius 2 is 0.582 bits per heavy atom. The van der Waals surface area contributed by atoms with Crippen molar-refractivity contribution in [1.82, 2.24) is 13.7 Å². The lowest BCUT2D eigenvalue weighted by Crippen LogP contribution is -2.14. The fourth-order valence-electron chi connectivity index (χ4n) is 21.0. The van der Waals surface area contributed by atoms with E-state index in [9.17, 15) is 0 Å². The summed E-state index contributed by atoms with van der Waals surface area (Å²) >= 11 is 11.4. The van der Waals surface area contributed by atoms with Gasteiger partial charge < -0.3 is 22.5 Å². The van der Waals surface area contributed by atoms with Crippen LogP contribution >= 0.6 is 68.0 Å². The van der Waals surface area contributed by atoms with Gasteiger partial charge in [0.25, 0.3) is 0 Å². The van der Waals surface area contributed by atoms with E-state index in [0.29, 0.717) is 0 Å². The van der Waals surface area contributed by atoms with Crippen molar-refractivity contribution in [2.24, 2.45) is 0 Å². The molecule has 1 aliphatic carbocycles. The first-order valence-corrected chi connectivity index (χ1v) is 46.3. The second-order valence-electron chi connectivity index (χ2n) is 33.1. The molecule has 570 valence electrons. The van der Waals surface area contributed by atoms with Crippen LogP contribution in [0.15, 0.2) is 355 Å². The van der Waals surface area contributed by atoms with Crippen molar-refractivity contribution in [2.75, 3.05) is 0 Å². The number of para-hydroxylation sites is 4. The van der Waals surface area contributed by atoms with Crippen molar-refractivity contribution in [3.8, 4) is 28.2 Å². The van der Waals surface area contributed by atoms with E-state index in [2.05, 4.69) is 367 Å². The molecule has 11 heteroatoms. The minimum atomic E-state index is -0.0606.